The average molecular weight is 290 g/mol. The van der Waals surface area contributed by atoms with Crippen molar-refractivity contribution in [3.8, 4) is 29.3 Å². The van der Waals surface area contributed by atoms with E-state index in [-0.39, 0.29) is 5.69 Å². The minimum atomic E-state index is -0.446. The zero-order valence-corrected chi connectivity index (χ0v) is 11.4. The lowest BCUT2D eigenvalue weighted by atomic mass is 10.1. The topological polar surface area (TPSA) is 73.8 Å². The Labute approximate surface area is 126 Å². The molecular formula is C16H10N4O2. The van der Waals surface area contributed by atoms with E-state index in [1.165, 1.54) is 10.7 Å². The molecule has 0 aliphatic rings. The molecule has 1 heterocycles. The van der Waals surface area contributed by atoms with E-state index in [2.05, 4.69) is 16.2 Å². The summed E-state index contributed by atoms with van der Waals surface area (Å²) in [5, 5.41) is 19.1. The molecule has 0 bridgehead atoms. The highest BCUT2D eigenvalue weighted by Gasteiger charge is 2.16. The first-order valence-corrected chi connectivity index (χ1v) is 6.42. The van der Waals surface area contributed by atoms with Gasteiger partial charge in [-0.15, -0.1) is 11.5 Å². The van der Waals surface area contributed by atoms with Crippen LogP contribution in [0.3, 0.4) is 0 Å². The largest absolute Gasteiger partial charge is 0.294 e. The average Bonchev–Trinajstić information content (AvgIpc) is 3.04. The fourth-order valence-electron chi connectivity index (χ4n) is 2.06. The first-order valence-electron chi connectivity index (χ1n) is 6.42. The number of aromatic nitrogens is 3. The second-order valence-electron chi connectivity index (χ2n) is 4.52. The molecule has 6 nitrogen and oxygen atoms in total. The molecule has 3 aromatic rings. The predicted molar refractivity (Wildman–Crippen MR) is 81.4 cm³/mol. The first-order chi connectivity index (χ1) is 10.7. The molecule has 0 spiro atoms. The van der Waals surface area contributed by atoms with Crippen LogP contribution in [0.15, 0.2) is 54.7 Å². The molecule has 0 amide bonds. The van der Waals surface area contributed by atoms with Crippen LogP contribution in [-0.4, -0.2) is 19.9 Å². The van der Waals surface area contributed by atoms with E-state index in [0.29, 0.717) is 11.4 Å². The van der Waals surface area contributed by atoms with Crippen LogP contribution in [0.25, 0.3) is 16.9 Å². The van der Waals surface area contributed by atoms with Crippen LogP contribution in [0.2, 0.25) is 0 Å². The molecule has 3 rings (SSSR count). The van der Waals surface area contributed by atoms with Gasteiger partial charge < -0.3 is 0 Å². The molecule has 1 aromatic heterocycles. The van der Waals surface area contributed by atoms with Crippen LogP contribution < -0.4 is 0 Å². The van der Waals surface area contributed by atoms with Crippen molar-refractivity contribution in [3.05, 3.63) is 70.4 Å². The maximum absolute atomic E-state index is 11.1. The van der Waals surface area contributed by atoms with Gasteiger partial charge in [0.15, 0.2) is 0 Å². The summed E-state index contributed by atoms with van der Waals surface area (Å²) in [4.78, 5) is 10.6. The van der Waals surface area contributed by atoms with Gasteiger partial charge >= 0.3 is 0 Å². The summed E-state index contributed by atoms with van der Waals surface area (Å²) < 4.78 is 1.39. The third kappa shape index (κ3) is 2.43. The lowest BCUT2D eigenvalue weighted by Gasteiger charge is -2.00. The molecule has 0 fully saturated rings. The van der Waals surface area contributed by atoms with Crippen molar-refractivity contribution in [3.63, 3.8) is 0 Å². The van der Waals surface area contributed by atoms with E-state index in [4.69, 9.17) is 6.42 Å². The molecule has 0 N–H and O–H groups in total. The normalized spacial score (nSPS) is 10.1. The summed E-state index contributed by atoms with van der Waals surface area (Å²) in [6, 6.07) is 13.7. The molecule has 0 saturated heterocycles. The zero-order valence-electron chi connectivity index (χ0n) is 11.4. The van der Waals surface area contributed by atoms with Gasteiger partial charge in [-0.3, -0.25) is 10.1 Å². The second-order valence-corrected chi connectivity index (χ2v) is 4.52. The lowest BCUT2D eigenvalue weighted by Crippen LogP contribution is -2.00. The number of nitrogens with zero attached hydrogens (tertiary/aromatic N) is 4. The summed E-state index contributed by atoms with van der Waals surface area (Å²) in [6.07, 6.45) is 6.96. The Morgan fingerprint density at radius 2 is 1.86 bits per heavy atom. The van der Waals surface area contributed by atoms with E-state index < -0.39 is 4.92 Å². The van der Waals surface area contributed by atoms with Crippen LogP contribution in [0.1, 0.15) is 5.56 Å². The summed E-state index contributed by atoms with van der Waals surface area (Å²) in [5.74, 6) is 2.54. The van der Waals surface area contributed by atoms with Crippen molar-refractivity contribution < 1.29 is 4.92 Å². The molecule has 22 heavy (non-hydrogen) atoms. The van der Waals surface area contributed by atoms with Gasteiger partial charge in [0.1, 0.15) is 11.4 Å². The van der Waals surface area contributed by atoms with Crippen molar-refractivity contribution in [1.29, 1.82) is 0 Å². The molecule has 0 aliphatic heterocycles. The molecule has 0 unspecified atom stereocenters. The van der Waals surface area contributed by atoms with Crippen molar-refractivity contribution in [2.75, 3.05) is 0 Å². The van der Waals surface area contributed by atoms with Crippen LogP contribution in [0, 0.1) is 22.5 Å². The number of hydrogen-bond acceptors (Lipinski definition) is 4. The third-order valence-electron chi connectivity index (χ3n) is 3.17. The van der Waals surface area contributed by atoms with Crippen molar-refractivity contribution in [1.82, 2.24) is 15.0 Å². The number of para-hydroxylation sites is 2. The molecule has 6 heteroatoms. The van der Waals surface area contributed by atoms with E-state index in [1.807, 2.05) is 12.1 Å². The molecular weight excluding hydrogens is 280 g/mol. The Kier molecular flexibility index (Phi) is 3.38. The number of terminal acetylenes is 1. The Bertz CT molecular complexity index is 876. The Hall–Kier alpha value is -3.46. The minimum absolute atomic E-state index is 0.0263. The van der Waals surface area contributed by atoms with Crippen LogP contribution in [0.5, 0.6) is 0 Å². The number of nitro benzene ring substituents is 1. The maximum Gasteiger partial charge on any atom is 0.294 e. The fourth-order valence-corrected chi connectivity index (χ4v) is 2.06. The summed E-state index contributed by atoms with van der Waals surface area (Å²) in [5.41, 5.74) is 2.56. The Balaban J connectivity index is 2.01. The van der Waals surface area contributed by atoms with Gasteiger partial charge in [0.25, 0.3) is 5.69 Å². The minimum Gasteiger partial charge on any atom is -0.258 e. The van der Waals surface area contributed by atoms with Crippen molar-refractivity contribution in [2.45, 2.75) is 0 Å². The van der Waals surface area contributed by atoms with E-state index in [9.17, 15) is 10.1 Å². The Morgan fingerprint density at radius 3 is 2.55 bits per heavy atom. The standard InChI is InChI=1S/C16H10N4O2/c1-2-12-7-9-13(10-8-12)14-11-19(18-17-14)15-5-3-4-6-16(15)20(21)22/h1,3-11H. The number of rotatable bonds is 3. The van der Waals surface area contributed by atoms with Gasteiger partial charge in [0.2, 0.25) is 0 Å². The van der Waals surface area contributed by atoms with Gasteiger partial charge in [-0.1, -0.05) is 35.4 Å². The van der Waals surface area contributed by atoms with E-state index >= 15 is 0 Å². The highest BCUT2D eigenvalue weighted by Crippen LogP contribution is 2.23. The van der Waals surface area contributed by atoms with Crippen LogP contribution >= 0.6 is 0 Å². The SMILES string of the molecule is C#Cc1ccc(-c2cn(-c3ccccc3[N+](=O)[O-])nn2)cc1. The highest BCUT2D eigenvalue weighted by atomic mass is 16.6. The van der Waals surface area contributed by atoms with Gasteiger partial charge in [-0.05, 0) is 18.2 Å². The molecule has 0 aliphatic carbocycles. The monoisotopic (exact) mass is 290 g/mol. The Morgan fingerprint density at radius 1 is 1.14 bits per heavy atom. The molecule has 0 atom stereocenters. The quantitative estimate of drug-likeness (QED) is 0.422. The first kappa shape index (κ1) is 13.5. The van der Waals surface area contributed by atoms with Crippen LogP contribution in [0.4, 0.5) is 5.69 Å². The summed E-state index contributed by atoms with van der Waals surface area (Å²) >= 11 is 0. The summed E-state index contributed by atoms with van der Waals surface area (Å²) in [6.45, 7) is 0. The van der Waals surface area contributed by atoms with Crippen molar-refractivity contribution >= 4 is 5.69 Å². The fraction of sp³-hybridized carbons (Fsp3) is 0. The van der Waals surface area contributed by atoms with Gasteiger partial charge in [0.05, 0.1) is 11.1 Å². The maximum atomic E-state index is 11.1. The van der Waals surface area contributed by atoms with E-state index in [1.54, 1.807) is 36.5 Å². The molecule has 2 aromatic carbocycles. The van der Waals surface area contributed by atoms with E-state index in [0.717, 1.165) is 11.1 Å². The number of nitro groups is 1. The van der Waals surface area contributed by atoms with Gasteiger partial charge in [0, 0.05) is 17.2 Å². The second kappa shape index (κ2) is 5.50. The molecule has 0 saturated carbocycles. The third-order valence-corrected chi connectivity index (χ3v) is 3.17. The summed E-state index contributed by atoms with van der Waals surface area (Å²) in [7, 11) is 0. The lowest BCUT2D eigenvalue weighted by molar-refractivity contribution is -0.384. The zero-order chi connectivity index (χ0) is 15.5. The van der Waals surface area contributed by atoms with Crippen molar-refractivity contribution in [2.24, 2.45) is 0 Å². The molecule has 106 valence electrons. The van der Waals surface area contributed by atoms with Crippen LogP contribution in [-0.2, 0) is 0 Å². The highest BCUT2D eigenvalue weighted by molar-refractivity contribution is 5.60. The predicted octanol–water partition coefficient (Wildman–Crippen LogP) is 2.82. The van der Waals surface area contributed by atoms with Gasteiger partial charge in [-0.25, -0.2) is 4.68 Å². The molecule has 0 radical (unpaired) electrons. The number of hydrogen-bond donors (Lipinski definition) is 0. The smallest absolute Gasteiger partial charge is 0.258 e. The van der Waals surface area contributed by atoms with Gasteiger partial charge in [-0.2, -0.15) is 0 Å². The number of benzene rings is 2.